The number of fused-ring (bicyclic) bond motifs is 1. The van der Waals surface area contributed by atoms with Gasteiger partial charge in [0.25, 0.3) is 5.69 Å². The van der Waals surface area contributed by atoms with Crippen molar-refractivity contribution in [3.8, 4) is 17.2 Å². The molecule has 3 rings (SSSR count). The van der Waals surface area contributed by atoms with Crippen molar-refractivity contribution in [1.82, 2.24) is 0 Å². The van der Waals surface area contributed by atoms with Crippen LogP contribution in [0.15, 0.2) is 36.4 Å². The van der Waals surface area contributed by atoms with E-state index in [9.17, 15) is 10.1 Å². The van der Waals surface area contributed by atoms with Crippen LogP contribution >= 0.6 is 0 Å². The minimum atomic E-state index is -0.387. The van der Waals surface area contributed by atoms with Gasteiger partial charge in [0.15, 0.2) is 11.5 Å². The molecule has 7 heteroatoms. The predicted octanol–water partition coefficient (Wildman–Crippen LogP) is 3.12. The number of hydrogen-bond donors (Lipinski definition) is 1. The lowest BCUT2D eigenvalue weighted by Gasteiger charge is -2.09. The summed E-state index contributed by atoms with van der Waals surface area (Å²) in [5, 5.41) is 13.9. The minimum absolute atomic E-state index is 0.118. The van der Waals surface area contributed by atoms with E-state index in [1.165, 1.54) is 6.07 Å². The summed E-state index contributed by atoms with van der Waals surface area (Å²) in [6.45, 7) is 2.98. The summed E-state index contributed by atoms with van der Waals surface area (Å²) in [7, 11) is 0. The first-order chi connectivity index (χ1) is 11.1. The van der Waals surface area contributed by atoms with E-state index in [1.54, 1.807) is 25.1 Å². The molecule has 120 valence electrons. The molecule has 0 amide bonds. The van der Waals surface area contributed by atoms with Crippen molar-refractivity contribution >= 4 is 11.4 Å². The van der Waals surface area contributed by atoms with Crippen molar-refractivity contribution in [2.45, 2.75) is 6.92 Å². The molecule has 0 spiro atoms. The number of aryl methyl sites for hydroxylation is 1. The molecular weight excluding hydrogens is 300 g/mol. The van der Waals surface area contributed by atoms with Crippen LogP contribution in [0, 0.1) is 17.0 Å². The number of hydrogen-bond acceptors (Lipinski definition) is 6. The van der Waals surface area contributed by atoms with Crippen molar-refractivity contribution in [3.05, 3.63) is 52.1 Å². The number of rotatable bonds is 6. The van der Waals surface area contributed by atoms with E-state index < -0.39 is 0 Å². The molecule has 0 bridgehead atoms. The summed E-state index contributed by atoms with van der Waals surface area (Å²) in [5.74, 6) is 2.11. The third kappa shape index (κ3) is 3.45. The highest BCUT2D eigenvalue weighted by molar-refractivity contribution is 5.53. The lowest BCUT2D eigenvalue weighted by molar-refractivity contribution is -0.385. The molecule has 0 fully saturated rings. The Balaban J connectivity index is 1.50. The summed E-state index contributed by atoms with van der Waals surface area (Å²) in [6, 6.07) is 10.4. The van der Waals surface area contributed by atoms with Gasteiger partial charge in [0, 0.05) is 29.9 Å². The fourth-order valence-corrected chi connectivity index (χ4v) is 2.30. The van der Waals surface area contributed by atoms with Gasteiger partial charge in [0.2, 0.25) is 6.79 Å². The van der Waals surface area contributed by atoms with Crippen LogP contribution in [0.1, 0.15) is 5.56 Å². The molecule has 0 unspecified atom stereocenters. The molecule has 2 aromatic carbocycles. The molecule has 0 saturated heterocycles. The predicted molar refractivity (Wildman–Crippen MR) is 84.4 cm³/mol. The van der Waals surface area contributed by atoms with Crippen LogP contribution in [0.25, 0.3) is 0 Å². The van der Waals surface area contributed by atoms with Crippen LogP contribution in [0.5, 0.6) is 17.2 Å². The molecule has 0 saturated carbocycles. The molecule has 23 heavy (non-hydrogen) atoms. The Hall–Kier alpha value is -2.96. The number of benzene rings is 2. The van der Waals surface area contributed by atoms with E-state index in [2.05, 4.69) is 5.32 Å². The number of nitrogens with one attached hydrogen (secondary N) is 1. The molecular formula is C16H16N2O5. The Labute approximate surface area is 132 Å². The van der Waals surface area contributed by atoms with E-state index >= 15 is 0 Å². The Morgan fingerprint density at radius 2 is 2.04 bits per heavy atom. The van der Waals surface area contributed by atoms with Gasteiger partial charge in [-0.05, 0) is 31.2 Å². The molecule has 7 nitrogen and oxygen atoms in total. The highest BCUT2D eigenvalue weighted by Crippen LogP contribution is 2.35. The van der Waals surface area contributed by atoms with Gasteiger partial charge in [0.05, 0.1) is 4.92 Å². The quantitative estimate of drug-likeness (QED) is 0.501. The lowest BCUT2D eigenvalue weighted by Crippen LogP contribution is -2.11. The number of nitrogens with zero attached hydrogens (tertiary/aromatic N) is 1. The zero-order chi connectivity index (χ0) is 16.2. The molecule has 0 aromatic heterocycles. The van der Waals surface area contributed by atoms with Crippen LogP contribution in [0.4, 0.5) is 11.4 Å². The average molecular weight is 316 g/mol. The Bertz CT molecular complexity index is 732. The average Bonchev–Trinajstić information content (AvgIpc) is 2.99. The summed E-state index contributed by atoms with van der Waals surface area (Å²) in [6.07, 6.45) is 0. The molecule has 1 heterocycles. The summed E-state index contributed by atoms with van der Waals surface area (Å²) >= 11 is 0. The molecule has 2 aromatic rings. The van der Waals surface area contributed by atoms with Gasteiger partial charge < -0.3 is 19.5 Å². The number of ether oxygens (including phenoxy) is 3. The molecule has 1 aliphatic heterocycles. The van der Waals surface area contributed by atoms with Crippen LogP contribution < -0.4 is 19.5 Å². The smallest absolute Gasteiger partial charge is 0.272 e. The molecule has 0 aliphatic carbocycles. The van der Waals surface area contributed by atoms with E-state index in [0.29, 0.717) is 30.2 Å². The van der Waals surface area contributed by atoms with E-state index in [4.69, 9.17) is 14.2 Å². The fourth-order valence-electron chi connectivity index (χ4n) is 2.30. The second-order valence-corrected chi connectivity index (χ2v) is 5.05. The summed E-state index contributed by atoms with van der Waals surface area (Å²) < 4.78 is 16.2. The SMILES string of the molecule is Cc1cc(NCCOc2ccc3c(c2)OCO3)ccc1[N+](=O)[O-]. The maximum absolute atomic E-state index is 10.8. The standard InChI is InChI=1S/C16H16N2O5/c1-11-8-12(2-4-14(11)18(19)20)17-6-7-21-13-3-5-15-16(9-13)23-10-22-15/h2-5,8-9,17H,6-7,10H2,1H3. The highest BCUT2D eigenvalue weighted by Gasteiger charge is 2.13. The third-order valence-corrected chi connectivity index (χ3v) is 3.44. The minimum Gasteiger partial charge on any atom is -0.492 e. The van der Waals surface area contributed by atoms with Crippen molar-refractivity contribution in [2.24, 2.45) is 0 Å². The second kappa shape index (κ2) is 6.43. The topological polar surface area (TPSA) is 82.9 Å². The van der Waals surface area contributed by atoms with E-state index in [0.717, 1.165) is 11.4 Å². The van der Waals surface area contributed by atoms with E-state index in [-0.39, 0.29) is 17.4 Å². The molecule has 0 atom stereocenters. The first-order valence-corrected chi connectivity index (χ1v) is 7.15. The van der Waals surface area contributed by atoms with Crippen molar-refractivity contribution < 1.29 is 19.1 Å². The van der Waals surface area contributed by atoms with Gasteiger partial charge in [-0.1, -0.05) is 0 Å². The Kier molecular flexibility index (Phi) is 4.18. The van der Waals surface area contributed by atoms with E-state index in [1.807, 2.05) is 12.1 Å². The lowest BCUT2D eigenvalue weighted by atomic mass is 10.2. The fraction of sp³-hybridized carbons (Fsp3) is 0.250. The van der Waals surface area contributed by atoms with Gasteiger partial charge in [0.1, 0.15) is 12.4 Å². The Morgan fingerprint density at radius 1 is 1.22 bits per heavy atom. The zero-order valence-corrected chi connectivity index (χ0v) is 12.6. The van der Waals surface area contributed by atoms with Crippen LogP contribution in [-0.2, 0) is 0 Å². The number of anilines is 1. The Morgan fingerprint density at radius 3 is 2.83 bits per heavy atom. The van der Waals surface area contributed by atoms with Crippen LogP contribution in [0.2, 0.25) is 0 Å². The van der Waals surface area contributed by atoms with Crippen LogP contribution in [0.3, 0.4) is 0 Å². The molecule has 1 N–H and O–H groups in total. The number of nitro groups is 1. The monoisotopic (exact) mass is 316 g/mol. The van der Waals surface area contributed by atoms with Gasteiger partial charge in [-0.2, -0.15) is 0 Å². The van der Waals surface area contributed by atoms with Gasteiger partial charge in [-0.25, -0.2) is 0 Å². The van der Waals surface area contributed by atoms with Crippen molar-refractivity contribution in [3.63, 3.8) is 0 Å². The van der Waals surface area contributed by atoms with Crippen molar-refractivity contribution in [1.29, 1.82) is 0 Å². The normalized spacial score (nSPS) is 12.0. The molecule has 1 aliphatic rings. The maximum atomic E-state index is 10.8. The van der Waals surface area contributed by atoms with Gasteiger partial charge in [-0.15, -0.1) is 0 Å². The summed E-state index contributed by atoms with van der Waals surface area (Å²) in [5.41, 5.74) is 1.56. The third-order valence-electron chi connectivity index (χ3n) is 3.44. The first kappa shape index (κ1) is 15.0. The van der Waals surface area contributed by atoms with Crippen LogP contribution in [-0.4, -0.2) is 24.9 Å². The largest absolute Gasteiger partial charge is 0.492 e. The zero-order valence-electron chi connectivity index (χ0n) is 12.6. The second-order valence-electron chi connectivity index (χ2n) is 5.05. The molecule has 0 radical (unpaired) electrons. The number of nitro benzene ring substituents is 1. The summed E-state index contributed by atoms with van der Waals surface area (Å²) in [4.78, 5) is 10.4. The first-order valence-electron chi connectivity index (χ1n) is 7.15. The van der Waals surface area contributed by atoms with Gasteiger partial charge >= 0.3 is 0 Å². The van der Waals surface area contributed by atoms with Crippen molar-refractivity contribution in [2.75, 3.05) is 25.3 Å². The maximum Gasteiger partial charge on any atom is 0.272 e. The van der Waals surface area contributed by atoms with Gasteiger partial charge in [-0.3, -0.25) is 10.1 Å². The highest BCUT2D eigenvalue weighted by atomic mass is 16.7.